The number of nitrogens with zero attached hydrogens (tertiary/aromatic N) is 1. The summed E-state index contributed by atoms with van der Waals surface area (Å²) in [5.74, 6) is -0.391. The molecule has 1 aromatic carbocycles. The number of amides is 2. The minimum absolute atomic E-state index is 0.161. The van der Waals surface area contributed by atoms with Gasteiger partial charge < -0.3 is 20.1 Å². The van der Waals surface area contributed by atoms with E-state index in [9.17, 15) is 9.59 Å². The second-order valence-electron chi connectivity index (χ2n) is 5.35. The summed E-state index contributed by atoms with van der Waals surface area (Å²) in [6.45, 7) is 4.33. The molecule has 6 heteroatoms. The Morgan fingerprint density at radius 1 is 1.52 bits per heavy atom. The molecular weight excluding hydrogens is 272 g/mol. The molecule has 0 fully saturated rings. The number of carbonyl (C=O) groups excluding carboxylic acids is 2. The molecule has 1 heterocycles. The maximum Gasteiger partial charge on any atom is 0.270 e. The van der Waals surface area contributed by atoms with Gasteiger partial charge in [-0.15, -0.1) is 0 Å². The van der Waals surface area contributed by atoms with Gasteiger partial charge in [-0.05, 0) is 38.5 Å². The lowest BCUT2D eigenvalue weighted by atomic mass is 10.0. The monoisotopic (exact) mass is 291 g/mol. The molecule has 21 heavy (non-hydrogen) atoms. The van der Waals surface area contributed by atoms with Gasteiger partial charge in [0.25, 0.3) is 11.8 Å². The van der Waals surface area contributed by atoms with Gasteiger partial charge in [-0.25, -0.2) is 0 Å². The van der Waals surface area contributed by atoms with Crippen molar-refractivity contribution in [1.82, 2.24) is 0 Å². The molecule has 6 nitrogen and oxygen atoms in total. The topological polar surface area (TPSA) is 81.9 Å². The summed E-state index contributed by atoms with van der Waals surface area (Å²) in [4.78, 5) is 25.7. The average molecular weight is 291 g/mol. The van der Waals surface area contributed by atoms with Crippen LogP contribution in [0.2, 0.25) is 0 Å². The minimum Gasteiger partial charge on any atom is -0.476 e. The Labute approximate surface area is 123 Å². The van der Waals surface area contributed by atoms with Gasteiger partial charge in [-0.1, -0.05) is 0 Å². The van der Waals surface area contributed by atoms with Crippen LogP contribution in [0.25, 0.3) is 0 Å². The van der Waals surface area contributed by atoms with Gasteiger partial charge in [0, 0.05) is 20.3 Å². The predicted molar refractivity (Wildman–Crippen MR) is 77.3 cm³/mol. The second-order valence-corrected chi connectivity index (χ2v) is 5.35. The van der Waals surface area contributed by atoms with Crippen molar-refractivity contribution in [1.29, 1.82) is 0 Å². The first-order chi connectivity index (χ1) is 9.88. The van der Waals surface area contributed by atoms with Crippen molar-refractivity contribution in [3.63, 3.8) is 0 Å². The normalized spacial score (nSPS) is 16.3. The highest BCUT2D eigenvalue weighted by molar-refractivity contribution is 6.09. The fourth-order valence-corrected chi connectivity index (χ4v) is 2.33. The molecule has 0 aromatic heterocycles. The second kappa shape index (κ2) is 5.73. The van der Waals surface area contributed by atoms with E-state index in [1.165, 1.54) is 4.90 Å². The zero-order valence-corrected chi connectivity index (χ0v) is 12.4. The Kier molecular flexibility index (Phi) is 4.18. The summed E-state index contributed by atoms with van der Waals surface area (Å²) in [6.07, 6.45) is 0.644. The fraction of sp³-hybridized carbons (Fsp3) is 0.467. The molecule has 0 aliphatic carbocycles. The molecule has 0 spiro atoms. The SMILES string of the molecule is COCCCN1C(=O)C(C)(C)Oc2cc[c]c(C(N)=O)c21. The predicted octanol–water partition coefficient (Wildman–Crippen LogP) is 1.13. The fourth-order valence-electron chi connectivity index (χ4n) is 2.33. The van der Waals surface area contributed by atoms with Crippen LogP contribution in [0.15, 0.2) is 12.1 Å². The number of ether oxygens (including phenoxy) is 2. The average Bonchev–Trinajstić information content (AvgIpc) is 2.42. The van der Waals surface area contributed by atoms with Crippen LogP contribution in [0.1, 0.15) is 30.6 Å². The van der Waals surface area contributed by atoms with Crippen molar-refractivity contribution >= 4 is 17.5 Å². The minimum atomic E-state index is -0.990. The maximum atomic E-state index is 12.6. The quantitative estimate of drug-likeness (QED) is 0.824. The van der Waals surface area contributed by atoms with Gasteiger partial charge >= 0.3 is 0 Å². The summed E-state index contributed by atoms with van der Waals surface area (Å²) >= 11 is 0. The van der Waals surface area contributed by atoms with Gasteiger partial charge in [-0.3, -0.25) is 9.59 Å². The summed E-state index contributed by atoms with van der Waals surface area (Å²) in [7, 11) is 1.60. The molecule has 0 unspecified atom stereocenters. The zero-order chi connectivity index (χ0) is 15.6. The molecule has 2 amide bonds. The van der Waals surface area contributed by atoms with E-state index in [0.717, 1.165) is 0 Å². The highest BCUT2D eigenvalue weighted by Gasteiger charge is 2.42. The van der Waals surface area contributed by atoms with Crippen LogP contribution < -0.4 is 15.4 Å². The van der Waals surface area contributed by atoms with Crippen LogP contribution in [-0.2, 0) is 9.53 Å². The van der Waals surface area contributed by atoms with E-state index in [-0.39, 0.29) is 11.5 Å². The Morgan fingerprint density at radius 3 is 2.86 bits per heavy atom. The van der Waals surface area contributed by atoms with E-state index < -0.39 is 11.5 Å². The first-order valence-electron chi connectivity index (χ1n) is 6.73. The number of carbonyl (C=O) groups is 2. The summed E-state index contributed by atoms with van der Waals surface area (Å²) in [5, 5.41) is 0. The van der Waals surface area contributed by atoms with E-state index in [1.54, 1.807) is 33.1 Å². The Morgan fingerprint density at radius 2 is 2.24 bits per heavy atom. The molecule has 1 radical (unpaired) electrons. The third kappa shape index (κ3) is 2.85. The number of primary amides is 1. The van der Waals surface area contributed by atoms with Crippen LogP contribution in [0, 0.1) is 6.07 Å². The number of rotatable bonds is 5. The van der Waals surface area contributed by atoms with Gasteiger partial charge in [-0.2, -0.15) is 0 Å². The molecule has 1 aliphatic heterocycles. The van der Waals surface area contributed by atoms with Crippen molar-refractivity contribution in [2.24, 2.45) is 5.73 Å². The Hall–Kier alpha value is -2.08. The van der Waals surface area contributed by atoms with E-state index >= 15 is 0 Å². The van der Waals surface area contributed by atoms with Crippen LogP contribution in [-0.4, -0.2) is 37.7 Å². The van der Waals surface area contributed by atoms with Crippen LogP contribution in [0.5, 0.6) is 5.75 Å². The molecule has 0 atom stereocenters. The molecule has 2 N–H and O–H groups in total. The first-order valence-corrected chi connectivity index (χ1v) is 6.73. The molecule has 0 bridgehead atoms. The van der Waals surface area contributed by atoms with Crippen molar-refractivity contribution in [2.45, 2.75) is 25.9 Å². The third-order valence-electron chi connectivity index (χ3n) is 3.30. The maximum absolute atomic E-state index is 12.6. The Balaban J connectivity index is 2.48. The highest BCUT2D eigenvalue weighted by atomic mass is 16.5. The number of benzene rings is 1. The molecule has 113 valence electrons. The lowest BCUT2D eigenvalue weighted by Gasteiger charge is -2.39. The number of anilines is 1. The van der Waals surface area contributed by atoms with Gasteiger partial charge in [0.15, 0.2) is 5.60 Å². The number of nitrogens with two attached hydrogens (primary N) is 1. The van der Waals surface area contributed by atoms with E-state index in [0.29, 0.717) is 31.0 Å². The van der Waals surface area contributed by atoms with E-state index in [1.807, 2.05) is 0 Å². The standard InChI is InChI=1S/C15H19N2O4/c1-15(2)14(19)17(8-5-9-20-3)12-10(13(16)18)6-4-7-11(12)21-15/h4,7H,5,8-9H2,1-3H3,(H2,16,18). The van der Waals surface area contributed by atoms with Gasteiger partial charge in [0.2, 0.25) is 0 Å². The van der Waals surface area contributed by atoms with Gasteiger partial charge in [0.1, 0.15) is 5.75 Å². The smallest absolute Gasteiger partial charge is 0.270 e. The molecule has 1 aliphatic rings. The van der Waals surface area contributed by atoms with Crippen molar-refractivity contribution in [3.8, 4) is 5.75 Å². The van der Waals surface area contributed by atoms with Gasteiger partial charge in [0.05, 0.1) is 11.3 Å². The molecule has 1 aromatic rings. The van der Waals surface area contributed by atoms with Crippen molar-refractivity contribution in [3.05, 3.63) is 23.8 Å². The summed E-state index contributed by atoms with van der Waals surface area (Å²) in [6, 6.07) is 6.03. The largest absolute Gasteiger partial charge is 0.476 e. The molecule has 2 rings (SSSR count). The third-order valence-corrected chi connectivity index (χ3v) is 3.30. The van der Waals surface area contributed by atoms with Crippen LogP contribution in [0.3, 0.4) is 0 Å². The highest BCUT2D eigenvalue weighted by Crippen LogP contribution is 2.40. The van der Waals surface area contributed by atoms with E-state index in [4.69, 9.17) is 15.2 Å². The van der Waals surface area contributed by atoms with Crippen LogP contribution in [0.4, 0.5) is 5.69 Å². The van der Waals surface area contributed by atoms with E-state index in [2.05, 4.69) is 6.07 Å². The number of fused-ring (bicyclic) bond motifs is 1. The lowest BCUT2D eigenvalue weighted by Crippen LogP contribution is -2.53. The number of hydrogen-bond acceptors (Lipinski definition) is 4. The molecule has 0 saturated carbocycles. The number of methoxy groups -OCH3 is 1. The Bertz CT molecular complexity index is 569. The van der Waals surface area contributed by atoms with Crippen LogP contribution >= 0.6 is 0 Å². The molecular formula is C15H19N2O4. The summed E-state index contributed by atoms with van der Waals surface area (Å²) < 4.78 is 10.7. The molecule has 0 saturated heterocycles. The first kappa shape index (κ1) is 15.3. The number of hydrogen-bond donors (Lipinski definition) is 1. The summed E-state index contributed by atoms with van der Waals surface area (Å²) in [5.41, 5.74) is 4.94. The van der Waals surface area contributed by atoms with Crippen molar-refractivity contribution in [2.75, 3.05) is 25.2 Å². The van der Waals surface area contributed by atoms with Crippen molar-refractivity contribution < 1.29 is 19.1 Å². The zero-order valence-electron chi connectivity index (χ0n) is 12.4. The lowest BCUT2D eigenvalue weighted by molar-refractivity contribution is -0.132.